The Kier molecular flexibility index (Phi) is 4.31. The average molecular weight is 264 g/mol. The van der Waals surface area contributed by atoms with E-state index in [0.717, 1.165) is 13.0 Å². The number of aliphatic hydroxyl groups excluding tert-OH is 1. The van der Waals surface area contributed by atoms with E-state index < -0.39 is 0 Å². The van der Waals surface area contributed by atoms with E-state index in [4.69, 9.17) is 0 Å². The Balaban J connectivity index is 2.17. The molecular weight excluding hydrogens is 244 g/mol. The van der Waals surface area contributed by atoms with Crippen LogP contribution in [0.15, 0.2) is 12.4 Å². The van der Waals surface area contributed by atoms with Gasteiger partial charge < -0.3 is 15.3 Å². The standard InChI is InChI=1S/C13H20N4O2/c1-3-15-12-7-14-6-10(16-12)13(19)17-5-4-9(2)11(17)8-18/h6-7,9,11,18H,3-5,8H2,1-2H3,(H,15,16). The molecule has 6 nitrogen and oxygen atoms in total. The number of hydrogen-bond donors (Lipinski definition) is 2. The summed E-state index contributed by atoms with van der Waals surface area (Å²) in [6.07, 6.45) is 3.98. The first-order valence-electron chi connectivity index (χ1n) is 6.65. The average Bonchev–Trinajstić information content (AvgIpc) is 2.79. The van der Waals surface area contributed by atoms with E-state index in [9.17, 15) is 9.90 Å². The van der Waals surface area contributed by atoms with Crippen molar-refractivity contribution >= 4 is 11.7 Å². The van der Waals surface area contributed by atoms with E-state index in [2.05, 4.69) is 22.2 Å². The Morgan fingerprint density at radius 2 is 2.37 bits per heavy atom. The van der Waals surface area contributed by atoms with Gasteiger partial charge in [0.1, 0.15) is 11.5 Å². The summed E-state index contributed by atoms with van der Waals surface area (Å²) in [7, 11) is 0. The van der Waals surface area contributed by atoms with E-state index in [1.807, 2.05) is 6.92 Å². The predicted molar refractivity (Wildman–Crippen MR) is 71.9 cm³/mol. The molecular formula is C13H20N4O2. The molecule has 1 aliphatic heterocycles. The number of aromatic nitrogens is 2. The van der Waals surface area contributed by atoms with Crippen LogP contribution in [0, 0.1) is 5.92 Å². The minimum Gasteiger partial charge on any atom is -0.394 e. The fourth-order valence-corrected chi connectivity index (χ4v) is 2.42. The lowest BCUT2D eigenvalue weighted by Gasteiger charge is -2.24. The van der Waals surface area contributed by atoms with Crippen LogP contribution in [-0.2, 0) is 0 Å². The number of amides is 1. The smallest absolute Gasteiger partial charge is 0.274 e. The second kappa shape index (κ2) is 5.97. The molecule has 0 bridgehead atoms. The zero-order valence-corrected chi connectivity index (χ0v) is 11.3. The van der Waals surface area contributed by atoms with Crippen LogP contribution < -0.4 is 5.32 Å². The van der Waals surface area contributed by atoms with Gasteiger partial charge in [-0.2, -0.15) is 0 Å². The van der Waals surface area contributed by atoms with E-state index in [1.54, 1.807) is 11.1 Å². The number of aliphatic hydroxyl groups is 1. The fraction of sp³-hybridized carbons (Fsp3) is 0.615. The zero-order valence-electron chi connectivity index (χ0n) is 11.3. The summed E-state index contributed by atoms with van der Waals surface area (Å²) in [4.78, 5) is 22.4. The largest absolute Gasteiger partial charge is 0.394 e. The van der Waals surface area contributed by atoms with Crippen LogP contribution in [0.3, 0.4) is 0 Å². The molecule has 2 heterocycles. The first kappa shape index (κ1) is 13.7. The summed E-state index contributed by atoms with van der Waals surface area (Å²) < 4.78 is 0. The van der Waals surface area contributed by atoms with Crippen LogP contribution in [0.4, 0.5) is 5.82 Å². The molecule has 2 unspecified atom stereocenters. The number of carbonyl (C=O) groups excluding carboxylic acids is 1. The molecule has 1 aliphatic rings. The molecule has 1 amide bonds. The van der Waals surface area contributed by atoms with Crippen molar-refractivity contribution in [3.05, 3.63) is 18.1 Å². The monoisotopic (exact) mass is 264 g/mol. The second-order valence-corrected chi connectivity index (χ2v) is 4.83. The lowest BCUT2D eigenvalue weighted by molar-refractivity contribution is 0.0642. The van der Waals surface area contributed by atoms with Crippen molar-refractivity contribution in [3.63, 3.8) is 0 Å². The van der Waals surface area contributed by atoms with Crippen molar-refractivity contribution in [2.24, 2.45) is 5.92 Å². The molecule has 19 heavy (non-hydrogen) atoms. The van der Waals surface area contributed by atoms with Gasteiger partial charge in [-0.05, 0) is 19.3 Å². The van der Waals surface area contributed by atoms with E-state index in [-0.39, 0.29) is 18.6 Å². The van der Waals surface area contributed by atoms with Gasteiger partial charge >= 0.3 is 0 Å². The highest BCUT2D eigenvalue weighted by Gasteiger charge is 2.34. The lowest BCUT2D eigenvalue weighted by Crippen LogP contribution is -2.40. The molecule has 104 valence electrons. The highest BCUT2D eigenvalue weighted by Crippen LogP contribution is 2.24. The van der Waals surface area contributed by atoms with Crippen molar-refractivity contribution in [1.82, 2.24) is 14.9 Å². The molecule has 1 aromatic heterocycles. The number of rotatable bonds is 4. The molecule has 1 saturated heterocycles. The maximum absolute atomic E-state index is 12.4. The summed E-state index contributed by atoms with van der Waals surface area (Å²) in [5, 5.41) is 12.4. The maximum atomic E-state index is 12.4. The quantitative estimate of drug-likeness (QED) is 0.839. The molecule has 1 fully saturated rings. The first-order valence-corrected chi connectivity index (χ1v) is 6.65. The molecule has 0 saturated carbocycles. The molecule has 2 atom stereocenters. The number of hydrogen-bond acceptors (Lipinski definition) is 5. The normalized spacial score (nSPS) is 22.6. The topological polar surface area (TPSA) is 78.4 Å². The third-order valence-electron chi connectivity index (χ3n) is 3.54. The number of likely N-dealkylation sites (tertiary alicyclic amines) is 1. The van der Waals surface area contributed by atoms with E-state index in [1.165, 1.54) is 6.20 Å². The summed E-state index contributed by atoms with van der Waals surface area (Å²) in [6.45, 7) is 5.40. The SMILES string of the molecule is CCNc1cncc(C(=O)N2CCC(C)C2CO)n1. The zero-order chi connectivity index (χ0) is 13.8. The van der Waals surface area contributed by atoms with Crippen LogP contribution in [-0.4, -0.2) is 51.6 Å². The molecule has 6 heteroatoms. The van der Waals surface area contributed by atoms with Crippen LogP contribution in [0.5, 0.6) is 0 Å². The Bertz CT molecular complexity index is 452. The van der Waals surface area contributed by atoms with Crippen LogP contribution in [0.2, 0.25) is 0 Å². The van der Waals surface area contributed by atoms with Crippen molar-refractivity contribution < 1.29 is 9.90 Å². The van der Waals surface area contributed by atoms with Crippen LogP contribution in [0.25, 0.3) is 0 Å². The second-order valence-electron chi connectivity index (χ2n) is 4.83. The molecule has 0 spiro atoms. The summed E-state index contributed by atoms with van der Waals surface area (Å²) >= 11 is 0. The van der Waals surface area contributed by atoms with Crippen molar-refractivity contribution in [2.45, 2.75) is 26.3 Å². The Morgan fingerprint density at radius 3 is 3.05 bits per heavy atom. The lowest BCUT2D eigenvalue weighted by atomic mass is 10.0. The summed E-state index contributed by atoms with van der Waals surface area (Å²) in [5.74, 6) is 0.760. The summed E-state index contributed by atoms with van der Waals surface area (Å²) in [6, 6.07) is -0.114. The highest BCUT2D eigenvalue weighted by molar-refractivity contribution is 5.92. The van der Waals surface area contributed by atoms with Crippen molar-refractivity contribution in [2.75, 3.05) is 25.0 Å². The van der Waals surface area contributed by atoms with Gasteiger partial charge in [0.2, 0.25) is 0 Å². The van der Waals surface area contributed by atoms with Crippen molar-refractivity contribution in [3.8, 4) is 0 Å². The first-order chi connectivity index (χ1) is 9.17. The third-order valence-corrected chi connectivity index (χ3v) is 3.54. The molecule has 0 aliphatic carbocycles. The van der Waals surface area contributed by atoms with Gasteiger partial charge in [-0.3, -0.25) is 9.78 Å². The van der Waals surface area contributed by atoms with E-state index in [0.29, 0.717) is 24.0 Å². The molecule has 0 aromatic carbocycles. The van der Waals surface area contributed by atoms with Gasteiger partial charge in [0.15, 0.2) is 0 Å². The van der Waals surface area contributed by atoms with E-state index >= 15 is 0 Å². The molecule has 2 rings (SSSR count). The van der Waals surface area contributed by atoms with Crippen molar-refractivity contribution in [1.29, 1.82) is 0 Å². The van der Waals surface area contributed by atoms with Gasteiger partial charge in [-0.25, -0.2) is 4.98 Å². The highest BCUT2D eigenvalue weighted by atomic mass is 16.3. The molecule has 0 radical (unpaired) electrons. The number of anilines is 1. The Morgan fingerprint density at radius 1 is 1.58 bits per heavy atom. The number of carbonyl (C=O) groups is 1. The predicted octanol–water partition coefficient (Wildman–Crippen LogP) is 0.751. The summed E-state index contributed by atoms with van der Waals surface area (Å²) in [5.41, 5.74) is 0.325. The van der Waals surface area contributed by atoms with Gasteiger partial charge in [-0.1, -0.05) is 6.92 Å². The van der Waals surface area contributed by atoms with Crippen LogP contribution >= 0.6 is 0 Å². The van der Waals surface area contributed by atoms with Gasteiger partial charge in [0.05, 0.1) is 25.0 Å². The Hall–Kier alpha value is -1.69. The number of nitrogens with zero attached hydrogens (tertiary/aromatic N) is 3. The Labute approximate surface area is 112 Å². The maximum Gasteiger partial charge on any atom is 0.274 e. The van der Waals surface area contributed by atoms with Gasteiger partial charge in [-0.15, -0.1) is 0 Å². The fourth-order valence-electron chi connectivity index (χ4n) is 2.42. The minimum atomic E-state index is -0.157. The van der Waals surface area contributed by atoms with Gasteiger partial charge in [0, 0.05) is 13.1 Å². The van der Waals surface area contributed by atoms with Crippen LogP contribution in [0.1, 0.15) is 30.8 Å². The van der Waals surface area contributed by atoms with Gasteiger partial charge in [0.25, 0.3) is 5.91 Å². The molecule has 2 N–H and O–H groups in total. The number of nitrogens with one attached hydrogen (secondary N) is 1. The minimum absolute atomic E-state index is 0.00671. The third kappa shape index (κ3) is 2.84. The molecule has 1 aromatic rings.